The lowest BCUT2D eigenvalue weighted by molar-refractivity contribution is -0.384. The summed E-state index contributed by atoms with van der Waals surface area (Å²) in [5.74, 6) is -1.83. The number of carbonyl (C=O) groups excluding carboxylic acids is 1. The number of non-ortho nitro benzene ring substituents is 1. The van der Waals surface area contributed by atoms with E-state index in [2.05, 4.69) is 0 Å². The monoisotopic (exact) mass is 472 g/mol. The minimum Gasteiger partial charge on any atom is -0.480 e. The molecule has 0 aromatic heterocycles. The third-order valence-electron chi connectivity index (χ3n) is 4.83. The molecule has 3 aromatic rings. The van der Waals surface area contributed by atoms with E-state index in [1.54, 1.807) is 36.4 Å². The Hall–Kier alpha value is -3.42. The lowest BCUT2D eigenvalue weighted by Crippen LogP contribution is -2.46. The number of amides is 1. The second-order valence-corrected chi connectivity index (χ2v) is 7.87. The highest BCUT2D eigenvalue weighted by atomic mass is 35.5. The second kappa shape index (κ2) is 10.3. The summed E-state index contributed by atoms with van der Waals surface area (Å²) in [6, 6.07) is 17.7. The van der Waals surface area contributed by atoms with Crippen molar-refractivity contribution in [3.05, 3.63) is 110 Å². The van der Waals surface area contributed by atoms with Crippen LogP contribution in [0.2, 0.25) is 10.0 Å². The van der Waals surface area contributed by atoms with Gasteiger partial charge in [-0.15, -0.1) is 0 Å². The number of nitrogens with zero attached hydrogens (tertiary/aromatic N) is 2. The number of aliphatic carboxylic acids is 1. The average Bonchev–Trinajstić information content (AvgIpc) is 2.76. The molecule has 0 spiro atoms. The second-order valence-electron chi connectivity index (χ2n) is 7.03. The van der Waals surface area contributed by atoms with Gasteiger partial charge in [-0.25, -0.2) is 4.79 Å². The van der Waals surface area contributed by atoms with Crippen LogP contribution >= 0.6 is 23.2 Å². The summed E-state index contributed by atoms with van der Waals surface area (Å²) in [4.78, 5) is 37.4. The molecule has 1 atom stereocenters. The minimum absolute atomic E-state index is 0.0437. The molecule has 0 radical (unpaired) electrons. The first kappa shape index (κ1) is 23.2. The Morgan fingerprint density at radius 1 is 0.969 bits per heavy atom. The van der Waals surface area contributed by atoms with Crippen molar-refractivity contribution in [2.24, 2.45) is 0 Å². The fourth-order valence-corrected chi connectivity index (χ4v) is 3.76. The summed E-state index contributed by atoms with van der Waals surface area (Å²) < 4.78 is 0. The van der Waals surface area contributed by atoms with E-state index >= 15 is 0 Å². The van der Waals surface area contributed by atoms with Crippen molar-refractivity contribution in [3.8, 4) is 0 Å². The van der Waals surface area contributed by atoms with E-state index in [0.29, 0.717) is 10.6 Å². The van der Waals surface area contributed by atoms with Crippen molar-refractivity contribution in [3.63, 3.8) is 0 Å². The maximum atomic E-state index is 13.4. The van der Waals surface area contributed by atoms with Crippen LogP contribution in [0.1, 0.15) is 21.5 Å². The lowest BCUT2D eigenvalue weighted by Gasteiger charge is -2.30. The van der Waals surface area contributed by atoms with Crippen LogP contribution in [0.4, 0.5) is 5.69 Å². The van der Waals surface area contributed by atoms with Crippen molar-refractivity contribution in [1.29, 1.82) is 0 Å². The van der Waals surface area contributed by atoms with Gasteiger partial charge in [0.25, 0.3) is 11.6 Å². The highest BCUT2D eigenvalue weighted by Gasteiger charge is 2.32. The molecule has 3 rings (SSSR count). The summed E-state index contributed by atoms with van der Waals surface area (Å²) in [5.41, 5.74) is 1.06. The molecule has 9 heteroatoms. The number of benzene rings is 3. The third-order valence-corrected chi connectivity index (χ3v) is 5.38. The predicted molar refractivity (Wildman–Crippen MR) is 121 cm³/mol. The van der Waals surface area contributed by atoms with Gasteiger partial charge in [-0.2, -0.15) is 0 Å². The molecule has 164 valence electrons. The van der Waals surface area contributed by atoms with Gasteiger partial charge in [0.15, 0.2) is 0 Å². The van der Waals surface area contributed by atoms with Crippen LogP contribution in [-0.4, -0.2) is 32.8 Å². The SMILES string of the molecule is O=C(O)[C@H](Cc1ccccc1)N(Cc1cccc([N+](=O)[O-])c1)C(=O)c1ccc(Cl)cc1Cl. The van der Waals surface area contributed by atoms with Crippen LogP contribution in [0.25, 0.3) is 0 Å². The van der Waals surface area contributed by atoms with E-state index in [1.165, 1.54) is 36.4 Å². The van der Waals surface area contributed by atoms with Crippen molar-refractivity contribution < 1.29 is 19.6 Å². The van der Waals surface area contributed by atoms with Gasteiger partial charge >= 0.3 is 5.97 Å². The maximum Gasteiger partial charge on any atom is 0.326 e. The van der Waals surface area contributed by atoms with Gasteiger partial charge in [-0.3, -0.25) is 14.9 Å². The van der Waals surface area contributed by atoms with E-state index in [-0.39, 0.29) is 29.2 Å². The van der Waals surface area contributed by atoms with Gasteiger partial charge in [0.2, 0.25) is 0 Å². The van der Waals surface area contributed by atoms with Crippen LogP contribution in [0.15, 0.2) is 72.8 Å². The highest BCUT2D eigenvalue weighted by molar-refractivity contribution is 6.36. The summed E-state index contributed by atoms with van der Waals surface area (Å²) in [6.07, 6.45) is 0.0437. The molecule has 1 N–H and O–H groups in total. The molecular formula is C23H18Cl2N2O5. The number of halogens is 2. The highest BCUT2D eigenvalue weighted by Crippen LogP contribution is 2.25. The minimum atomic E-state index is -1.24. The van der Waals surface area contributed by atoms with E-state index in [0.717, 1.165) is 10.5 Å². The molecule has 0 saturated carbocycles. The number of carboxylic acid groups (broad SMARTS) is 1. The van der Waals surface area contributed by atoms with Crippen molar-refractivity contribution in [1.82, 2.24) is 4.90 Å². The zero-order chi connectivity index (χ0) is 23.3. The average molecular weight is 473 g/mol. The quantitative estimate of drug-likeness (QED) is 0.356. The Balaban J connectivity index is 2.04. The summed E-state index contributed by atoms with van der Waals surface area (Å²) >= 11 is 12.1. The van der Waals surface area contributed by atoms with Gasteiger partial charge in [-0.1, -0.05) is 65.7 Å². The number of carbonyl (C=O) groups is 2. The fraction of sp³-hybridized carbons (Fsp3) is 0.130. The van der Waals surface area contributed by atoms with Gasteiger partial charge in [-0.05, 0) is 29.3 Å². The third kappa shape index (κ3) is 5.63. The summed E-state index contributed by atoms with van der Waals surface area (Å²) in [6.45, 7) is -0.163. The predicted octanol–water partition coefficient (Wildman–Crippen LogP) is 5.24. The zero-order valence-corrected chi connectivity index (χ0v) is 18.2. The van der Waals surface area contributed by atoms with Crippen LogP contribution < -0.4 is 0 Å². The zero-order valence-electron chi connectivity index (χ0n) is 16.7. The molecular weight excluding hydrogens is 455 g/mol. The van der Waals surface area contributed by atoms with Crippen LogP contribution in [-0.2, 0) is 17.8 Å². The van der Waals surface area contributed by atoms with Crippen LogP contribution in [0, 0.1) is 10.1 Å². The molecule has 7 nitrogen and oxygen atoms in total. The largest absolute Gasteiger partial charge is 0.480 e. The first-order chi connectivity index (χ1) is 15.3. The first-order valence-corrected chi connectivity index (χ1v) is 10.3. The van der Waals surface area contributed by atoms with Crippen molar-refractivity contribution in [2.45, 2.75) is 19.0 Å². The Morgan fingerprint density at radius 2 is 1.66 bits per heavy atom. The number of hydrogen-bond acceptors (Lipinski definition) is 4. The van der Waals surface area contributed by atoms with E-state index in [1.807, 2.05) is 0 Å². The molecule has 0 bridgehead atoms. The molecule has 1 amide bonds. The number of rotatable bonds is 8. The topological polar surface area (TPSA) is 101 Å². The summed E-state index contributed by atoms with van der Waals surface area (Å²) in [7, 11) is 0. The standard InChI is InChI=1S/C23H18Cl2N2O5/c24-17-9-10-19(20(25)13-17)22(28)26(14-16-7-4-8-18(11-16)27(31)32)21(23(29)30)12-15-5-2-1-3-6-15/h1-11,13,21H,12,14H2,(H,29,30)/t21-/m0/s1. The Kier molecular flexibility index (Phi) is 7.45. The fourth-order valence-electron chi connectivity index (χ4n) is 3.27. The molecule has 0 saturated heterocycles. The van der Waals surface area contributed by atoms with Crippen molar-refractivity contribution >= 4 is 40.8 Å². The smallest absolute Gasteiger partial charge is 0.326 e. The Morgan fingerprint density at radius 3 is 2.28 bits per heavy atom. The number of carboxylic acids is 1. The molecule has 32 heavy (non-hydrogen) atoms. The normalized spacial score (nSPS) is 11.6. The molecule has 3 aromatic carbocycles. The molecule has 0 aliphatic carbocycles. The van der Waals surface area contributed by atoms with E-state index in [4.69, 9.17) is 23.2 Å². The van der Waals surface area contributed by atoms with Crippen LogP contribution in [0.3, 0.4) is 0 Å². The van der Waals surface area contributed by atoms with E-state index < -0.39 is 22.8 Å². The molecule has 0 unspecified atom stereocenters. The van der Waals surface area contributed by atoms with Crippen LogP contribution in [0.5, 0.6) is 0 Å². The number of hydrogen-bond donors (Lipinski definition) is 1. The van der Waals surface area contributed by atoms with Gasteiger partial charge in [0.05, 0.1) is 15.5 Å². The molecule has 0 heterocycles. The Labute approximate surface area is 194 Å². The maximum absolute atomic E-state index is 13.4. The number of nitro groups is 1. The van der Waals surface area contributed by atoms with Gasteiger partial charge < -0.3 is 10.0 Å². The summed E-state index contributed by atoms with van der Waals surface area (Å²) in [5, 5.41) is 21.5. The Bertz CT molecular complexity index is 1150. The van der Waals surface area contributed by atoms with Gasteiger partial charge in [0.1, 0.15) is 6.04 Å². The number of nitro benzene ring substituents is 1. The lowest BCUT2D eigenvalue weighted by atomic mass is 10.0. The van der Waals surface area contributed by atoms with Gasteiger partial charge in [0, 0.05) is 30.1 Å². The molecule has 0 aliphatic rings. The van der Waals surface area contributed by atoms with Crippen molar-refractivity contribution in [2.75, 3.05) is 0 Å². The molecule has 0 aliphatic heterocycles. The van der Waals surface area contributed by atoms with E-state index in [9.17, 15) is 24.8 Å². The molecule has 0 fully saturated rings. The first-order valence-electron chi connectivity index (χ1n) is 9.52.